The van der Waals surface area contributed by atoms with E-state index in [0.717, 1.165) is 19.4 Å². The Balaban J connectivity index is 1.70. The van der Waals surface area contributed by atoms with Crippen LogP contribution in [0.25, 0.3) is 0 Å². The molecule has 1 aromatic rings. The second-order valence-corrected chi connectivity index (χ2v) is 4.62. The molecule has 108 valence electrons. The van der Waals surface area contributed by atoms with Gasteiger partial charge in [0.15, 0.2) is 6.61 Å². The lowest BCUT2D eigenvalue weighted by Gasteiger charge is -2.11. The quantitative estimate of drug-likeness (QED) is 0.791. The average molecular weight is 278 g/mol. The van der Waals surface area contributed by atoms with Crippen molar-refractivity contribution >= 4 is 11.8 Å². The zero-order chi connectivity index (χ0) is 14.4. The number of rotatable bonds is 6. The van der Waals surface area contributed by atoms with E-state index < -0.39 is 5.91 Å². The van der Waals surface area contributed by atoms with E-state index in [0.29, 0.717) is 17.9 Å². The maximum atomic E-state index is 11.6. The van der Waals surface area contributed by atoms with Gasteiger partial charge in [-0.05, 0) is 37.1 Å². The normalized spacial score (nSPS) is 17.7. The molecule has 1 aliphatic rings. The van der Waals surface area contributed by atoms with E-state index in [-0.39, 0.29) is 18.6 Å². The lowest BCUT2D eigenvalue weighted by atomic mass is 10.2. The predicted octanol–water partition coefficient (Wildman–Crippen LogP) is 0.460. The summed E-state index contributed by atoms with van der Waals surface area (Å²) in [6, 6.07) is 6.32. The largest absolute Gasteiger partial charge is 0.484 e. The van der Waals surface area contributed by atoms with Gasteiger partial charge in [-0.1, -0.05) is 0 Å². The number of nitrogens with one attached hydrogen (secondary N) is 1. The third-order valence-electron chi connectivity index (χ3n) is 3.06. The second-order valence-electron chi connectivity index (χ2n) is 4.62. The molecule has 1 aromatic carbocycles. The van der Waals surface area contributed by atoms with E-state index in [9.17, 15) is 9.59 Å². The summed E-state index contributed by atoms with van der Waals surface area (Å²) >= 11 is 0. The van der Waals surface area contributed by atoms with Gasteiger partial charge in [0.1, 0.15) is 5.75 Å². The first-order chi connectivity index (χ1) is 9.65. The molecule has 1 aliphatic heterocycles. The van der Waals surface area contributed by atoms with Gasteiger partial charge in [0.2, 0.25) is 5.91 Å². The van der Waals surface area contributed by atoms with E-state index in [1.807, 2.05) is 0 Å². The molecule has 6 nitrogen and oxygen atoms in total. The zero-order valence-electron chi connectivity index (χ0n) is 11.1. The number of carbonyl (C=O) groups is 2. The molecule has 20 heavy (non-hydrogen) atoms. The van der Waals surface area contributed by atoms with Crippen molar-refractivity contribution in [2.45, 2.75) is 18.9 Å². The first kappa shape index (κ1) is 14.3. The van der Waals surface area contributed by atoms with Crippen LogP contribution in [0.3, 0.4) is 0 Å². The smallest absolute Gasteiger partial charge is 0.258 e. The minimum atomic E-state index is -0.495. The van der Waals surface area contributed by atoms with Crippen LogP contribution in [-0.2, 0) is 9.53 Å². The molecule has 0 aromatic heterocycles. The first-order valence-corrected chi connectivity index (χ1v) is 6.56. The zero-order valence-corrected chi connectivity index (χ0v) is 11.1. The number of nitrogens with two attached hydrogens (primary N) is 1. The summed E-state index contributed by atoms with van der Waals surface area (Å²) in [7, 11) is 0. The van der Waals surface area contributed by atoms with Crippen molar-refractivity contribution in [1.82, 2.24) is 5.32 Å². The molecule has 0 aliphatic carbocycles. The van der Waals surface area contributed by atoms with E-state index in [4.69, 9.17) is 15.2 Å². The molecule has 1 fully saturated rings. The van der Waals surface area contributed by atoms with Crippen molar-refractivity contribution in [2.24, 2.45) is 5.73 Å². The topological polar surface area (TPSA) is 90.7 Å². The van der Waals surface area contributed by atoms with Crippen molar-refractivity contribution < 1.29 is 19.1 Å². The van der Waals surface area contributed by atoms with E-state index in [1.54, 1.807) is 24.3 Å². The minimum absolute atomic E-state index is 0.0668. The fourth-order valence-corrected chi connectivity index (χ4v) is 1.95. The number of ether oxygens (including phenoxy) is 2. The molecule has 0 unspecified atom stereocenters. The highest BCUT2D eigenvalue weighted by atomic mass is 16.5. The third kappa shape index (κ3) is 4.24. The monoisotopic (exact) mass is 278 g/mol. The van der Waals surface area contributed by atoms with Gasteiger partial charge >= 0.3 is 0 Å². The Morgan fingerprint density at radius 3 is 2.70 bits per heavy atom. The highest BCUT2D eigenvalue weighted by Crippen LogP contribution is 2.12. The van der Waals surface area contributed by atoms with Crippen molar-refractivity contribution in [2.75, 3.05) is 19.8 Å². The Kier molecular flexibility index (Phi) is 4.95. The van der Waals surface area contributed by atoms with Crippen LogP contribution < -0.4 is 15.8 Å². The van der Waals surface area contributed by atoms with Crippen LogP contribution in [-0.4, -0.2) is 37.7 Å². The molecule has 1 saturated heterocycles. The Bertz CT molecular complexity index is 467. The maximum absolute atomic E-state index is 11.6. The van der Waals surface area contributed by atoms with Crippen LogP contribution in [0.5, 0.6) is 5.75 Å². The van der Waals surface area contributed by atoms with Gasteiger partial charge in [-0.15, -0.1) is 0 Å². The lowest BCUT2D eigenvalue weighted by molar-refractivity contribution is -0.123. The first-order valence-electron chi connectivity index (χ1n) is 6.56. The van der Waals surface area contributed by atoms with Gasteiger partial charge in [0, 0.05) is 18.7 Å². The fraction of sp³-hybridized carbons (Fsp3) is 0.429. The Hall–Kier alpha value is -2.08. The van der Waals surface area contributed by atoms with Crippen LogP contribution in [0.1, 0.15) is 23.2 Å². The highest BCUT2D eigenvalue weighted by molar-refractivity contribution is 5.92. The van der Waals surface area contributed by atoms with Gasteiger partial charge in [0.25, 0.3) is 5.91 Å². The van der Waals surface area contributed by atoms with E-state index in [2.05, 4.69) is 5.32 Å². The highest BCUT2D eigenvalue weighted by Gasteiger charge is 2.16. The second kappa shape index (κ2) is 6.91. The summed E-state index contributed by atoms with van der Waals surface area (Å²) in [5, 5.41) is 2.76. The van der Waals surface area contributed by atoms with Crippen molar-refractivity contribution in [1.29, 1.82) is 0 Å². The van der Waals surface area contributed by atoms with Gasteiger partial charge in [-0.25, -0.2) is 0 Å². The molecule has 0 saturated carbocycles. The summed E-state index contributed by atoms with van der Waals surface area (Å²) in [5.41, 5.74) is 5.53. The van der Waals surface area contributed by atoms with E-state index in [1.165, 1.54) is 0 Å². The fourth-order valence-electron chi connectivity index (χ4n) is 1.95. The van der Waals surface area contributed by atoms with Crippen molar-refractivity contribution in [3.8, 4) is 5.75 Å². The summed E-state index contributed by atoms with van der Waals surface area (Å²) in [4.78, 5) is 22.5. The molecule has 0 bridgehead atoms. The number of primary amides is 1. The third-order valence-corrected chi connectivity index (χ3v) is 3.06. The maximum Gasteiger partial charge on any atom is 0.258 e. The summed E-state index contributed by atoms with van der Waals surface area (Å²) in [6.45, 7) is 1.22. The van der Waals surface area contributed by atoms with E-state index >= 15 is 0 Å². The predicted molar refractivity (Wildman–Crippen MR) is 72.4 cm³/mol. The number of amides is 2. The Morgan fingerprint density at radius 2 is 2.10 bits per heavy atom. The minimum Gasteiger partial charge on any atom is -0.484 e. The molecule has 6 heteroatoms. The van der Waals surface area contributed by atoms with Gasteiger partial charge in [-0.2, -0.15) is 0 Å². The standard InChI is InChI=1S/C14H18N2O4/c15-14(18)10-3-5-11(6-4-10)20-9-13(17)16-8-12-2-1-7-19-12/h3-6,12H,1-2,7-9H2,(H2,15,18)(H,16,17)/t12-/m0/s1. The molecule has 3 N–H and O–H groups in total. The molecule has 1 heterocycles. The SMILES string of the molecule is NC(=O)c1ccc(OCC(=O)NC[C@@H]2CCCO2)cc1. The van der Waals surface area contributed by atoms with Crippen LogP contribution in [0.15, 0.2) is 24.3 Å². The van der Waals surface area contributed by atoms with Gasteiger partial charge in [-0.3, -0.25) is 9.59 Å². The average Bonchev–Trinajstić information content (AvgIpc) is 2.96. The van der Waals surface area contributed by atoms with Crippen molar-refractivity contribution in [3.05, 3.63) is 29.8 Å². The Labute approximate surface area is 117 Å². The summed E-state index contributed by atoms with van der Waals surface area (Å²) < 4.78 is 10.7. The molecule has 0 radical (unpaired) electrons. The lowest BCUT2D eigenvalue weighted by Crippen LogP contribution is -2.35. The van der Waals surface area contributed by atoms with Gasteiger partial charge < -0.3 is 20.5 Å². The molecular formula is C14H18N2O4. The Morgan fingerprint density at radius 1 is 1.35 bits per heavy atom. The summed E-state index contributed by atoms with van der Waals surface area (Å²) in [6.07, 6.45) is 2.15. The molecule has 0 spiro atoms. The molecule has 2 amide bonds. The van der Waals surface area contributed by atoms with Crippen molar-refractivity contribution in [3.63, 3.8) is 0 Å². The van der Waals surface area contributed by atoms with Gasteiger partial charge in [0.05, 0.1) is 6.10 Å². The number of hydrogen-bond acceptors (Lipinski definition) is 4. The van der Waals surface area contributed by atoms with Crippen LogP contribution in [0.2, 0.25) is 0 Å². The van der Waals surface area contributed by atoms with Crippen LogP contribution >= 0.6 is 0 Å². The number of benzene rings is 1. The molecular weight excluding hydrogens is 260 g/mol. The summed E-state index contributed by atoms with van der Waals surface area (Å²) in [5.74, 6) is -0.174. The molecule has 2 rings (SSSR count). The number of hydrogen-bond donors (Lipinski definition) is 2. The number of carbonyl (C=O) groups excluding carboxylic acids is 2. The van der Waals surface area contributed by atoms with Crippen LogP contribution in [0.4, 0.5) is 0 Å². The molecule has 1 atom stereocenters. The van der Waals surface area contributed by atoms with Crippen LogP contribution in [0, 0.1) is 0 Å².